The van der Waals surface area contributed by atoms with Crippen LogP contribution in [-0.2, 0) is 0 Å². The first-order chi connectivity index (χ1) is 7.77. The summed E-state index contributed by atoms with van der Waals surface area (Å²) in [7, 11) is 0. The van der Waals surface area contributed by atoms with Crippen molar-refractivity contribution in [3.8, 4) is 0 Å². The Morgan fingerprint density at radius 2 is 2.19 bits per heavy atom. The lowest BCUT2D eigenvalue weighted by Crippen LogP contribution is -2.05. The van der Waals surface area contributed by atoms with Gasteiger partial charge in [0.15, 0.2) is 12.1 Å². The van der Waals surface area contributed by atoms with Gasteiger partial charge in [-0.2, -0.15) is 5.10 Å². The fraction of sp³-hybridized carbons (Fsp3) is 0.111. The van der Waals surface area contributed by atoms with Crippen LogP contribution in [0.25, 0.3) is 0 Å². The van der Waals surface area contributed by atoms with Crippen molar-refractivity contribution in [2.24, 2.45) is 0 Å². The van der Waals surface area contributed by atoms with Gasteiger partial charge in [0.2, 0.25) is 0 Å². The van der Waals surface area contributed by atoms with Gasteiger partial charge in [0.25, 0.3) is 0 Å². The maximum atomic E-state index is 9.07. The fourth-order valence-electron chi connectivity index (χ4n) is 1.15. The van der Waals surface area contributed by atoms with Crippen LogP contribution < -0.4 is 5.32 Å². The molecule has 0 atom stereocenters. The highest BCUT2D eigenvalue weighted by atomic mass is 16.5. The minimum absolute atomic E-state index is 0.0839. The molecule has 0 unspecified atom stereocenters. The van der Waals surface area contributed by atoms with E-state index in [1.54, 1.807) is 12.1 Å². The quantitative estimate of drug-likeness (QED) is 0.624. The van der Waals surface area contributed by atoms with Gasteiger partial charge >= 0.3 is 0 Å². The number of nitrogens with one attached hydrogen (secondary N) is 1. The molecule has 2 aromatic rings. The molecule has 0 aromatic carbocycles. The number of rotatable bonds is 3. The second-order valence-corrected chi connectivity index (χ2v) is 2.93. The summed E-state index contributed by atoms with van der Waals surface area (Å²) < 4.78 is 0. The molecule has 0 aliphatic heterocycles. The van der Waals surface area contributed by atoms with Crippen molar-refractivity contribution < 1.29 is 10.2 Å². The van der Waals surface area contributed by atoms with E-state index in [9.17, 15) is 0 Å². The molecule has 0 aliphatic rings. The van der Waals surface area contributed by atoms with Gasteiger partial charge in [0.05, 0.1) is 11.9 Å². The van der Waals surface area contributed by atoms with E-state index in [2.05, 4.69) is 25.5 Å². The smallest absolute Gasteiger partial charge is 0.198 e. The molecule has 2 aromatic heterocycles. The molecule has 0 saturated heterocycles. The zero-order chi connectivity index (χ0) is 11.4. The Bertz CT molecular complexity index is 462. The van der Waals surface area contributed by atoms with Gasteiger partial charge in [0.1, 0.15) is 12.0 Å². The maximum Gasteiger partial charge on any atom is 0.198 e. The van der Waals surface area contributed by atoms with Gasteiger partial charge in [-0.1, -0.05) is 0 Å². The molecule has 82 valence electrons. The van der Waals surface area contributed by atoms with E-state index >= 15 is 0 Å². The second kappa shape index (κ2) is 4.60. The predicted octanol–water partition coefficient (Wildman–Crippen LogP) is -0.00660. The van der Waals surface area contributed by atoms with Gasteiger partial charge in [-0.3, -0.25) is 0 Å². The Morgan fingerprint density at radius 1 is 1.31 bits per heavy atom. The van der Waals surface area contributed by atoms with Crippen molar-refractivity contribution >= 4 is 11.5 Å². The maximum absolute atomic E-state index is 9.07. The molecule has 0 amide bonds. The fourth-order valence-corrected chi connectivity index (χ4v) is 1.15. The minimum atomic E-state index is -1.66. The van der Waals surface area contributed by atoms with Crippen LogP contribution in [0.4, 0.5) is 11.5 Å². The molecule has 0 bridgehead atoms. The lowest BCUT2D eigenvalue weighted by molar-refractivity contribution is -0.0452. The molecule has 0 spiro atoms. The highest BCUT2D eigenvalue weighted by Crippen LogP contribution is 2.20. The number of nitrogens with zero attached hydrogens (tertiary/aromatic N) is 4. The van der Waals surface area contributed by atoms with Gasteiger partial charge in [-0.15, -0.1) is 5.10 Å². The molecule has 0 radical (unpaired) electrons. The van der Waals surface area contributed by atoms with Crippen LogP contribution in [0.5, 0.6) is 0 Å². The number of aliphatic hydroxyl groups excluding tert-OH is 1. The molecule has 2 heterocycles. The van der Waals surface area contributed by atoms with Crippen molar-refractivity contribution in [1.29, 1.82) is 0 Å². The predicted molar refractivity (Wildman–Crippen MR) is 54.5 cm³/mol. The number of anilines is 2. The average molecular weight is 219 g/mol. The number of hydrogen-bond acceptors (Lipinski definition) is 7. The second-order valence-electron chi connectivity index (χ2n) is 2.93. The standard InChI is InChI=1S/C9H9N5O2/c15-9(16)8-6(4-10-5-11-8)13-7-2-1-3-12-14-7/h1-5,9,15-16H,(H,13,14). The van der Waals surface area contributed by atoms with Crippen LogP contribution in [0, 0.1) is 0 Å². The van der Waals surface area contributed by atoms with Gasteiger partial charge in [0, 0.05) is 6.20 Å². The topological polar surface area (TPSA) is 104 Å². The normalized spacial score (nSPS) is 10.4. The molecule has 2 rings (SSSR count). The average Bonchev–Trinajstić information content (AvgIpc) is 2.31. The SMILES string of the molecule is OC(O)c1ncncc1Nc1cccnn1. The van der Waals surface area contributed by atoms with E-state index in [1.807, 2.05) is 0 Å². The van der Waals surface area contributed by atoms with Gasteiger partial charge in [-0.05, 0) is 12.1 Å². The molecule has 0 saturated carbocycles. The van der Waals surface area contributed by atoms with Crippen molar-refractivity contribution in [2.45, 2.75) is 6.29 Å². The summed E-state index contributed by atoms with van der Waals surface area (Å²) in [6.45, 7) is 0. The van der Waals surface area contributed by atoms with Gasteiger partial charge in [-0.25, -0.2) is 9.97 Å². The first-order valence-electron chi connectivity index (χ1n) is 4.48. The van der Waals surface area contributed by atoms with Crippen LogP contribution in [0.1, 0.15) is 12.0 Å². The summed E-state index contributed by atoms with van der Waals surface area (Å²) in [5.41, 5.74) is 0.457. The van der Waals surface area contributed by atoms with Crippen LogP contribution in [0.15, 0.2) is 30.9 Å². The van der Waals surface area contributed by atoms with E-state index in [1.165, 1.54) is 18.7 Å². The van der Waals surface area contributed by atoms with Crippen LogP contribution in [0.2, 0.25) is 0 Å². The van der Waals surface area contributed by atoms with Crippen LogP contribution >= 0.6 is 0 Å². The Labute approximate surface area is 90.8 Å². The lowest BCUT2D eigenvalue weighted by atomic mass is 10.3. The zero-order valence-corrected chi connectivity index (χ0v) is 8.15. The molecule has 7 heteroatoms. The number of aliphatic hydroxyl groups is 2. The number of hydrogen-bond donors (Lipinski definition) is 3. The van der Waals surface area contributed by atoms with E-state index < -0.39 is 6.29 Å². The molecule has 3 N–H and O–H groups in total. The van der Waals surface area contributed by atoms with Gasteiger partial charge < -0.3 is 15.5 Å². The van der Waals surface area contributed by atoms with E-state index in [0.717, 1.165) is 0 Å². The summed E-state index contributed by atoms with van der Waals surface area (Å²) in [5, 5.41) is 28.5. The van der Waals surface area contributed by atoms with Crippen LogP contribution in [0.3, 0.4) is 0 Å². The highest BCUT2D eigenvalue weighted by molar-refractivity contribution is 5.57. The first-order valence-corrected chi connectivity index (χ1v) is 4.48. The van der Waals surface area contributed by atoms with Crippen LogP contribution in [-0.4, -0.2) is 30.4 Å². The Morgan fingerprint density at radius 3 is 2.88 bits per heavy atom. The van der Waals surface area contributed by atoms with E-state index in [4.69, 9.17) is 10.2 Å². The Hall–Kier alpha value is -2.12. The van der Waals surface area contributed by atoms with Crippen molar-refractivity contribution in [1.82, 2.24) is 20.2 Å². The third-order valence-electron chi connectivity index (χ3n) is 1.82. The van der Waals surface area contributed by atoms with E-state index in [-0.39, 0.29) is 5.69 Å². The summed E-state index contributed by atoms with van der Waals surface area (Å²) in [5.74, 6) is 0.471. The van der Waals surface area contributed by atoms with Crippen molar-refractivity contribution in [3.05, 3.63) is 36.5 Å². The minimum Gasteiger partial charge on any atom is -0.363 e. The van der Waals surface area contributed by atoms with Crippen molar-refractivity contribution in [2.75, 3.05) is 5.32 Å². The Kier molecular flexibility index (Phi) is 2.99. The largest absolute Gasteiger partial charge is 0.363 e. The molecule has 0 fully saturated rings. The molecular formula is C9H9N5O2. The van der Waals surface area contributed by atoms with Crippen molar-refractivity contribution in [3.63, 3.8) is 0 Å². The first kappa shape index (κ1) is 10.4. The monoisotopic (exact) mass is 219 g/mol. The van der Waals surface area contributed by atoms with E-state index in [0.29, 0.717) is 11.5 Å². The number of aromatic nitrogens is 4. The summed E-state index contributed by atoms with van der Waals surface area (Å²) in [4.78, 5) is 7.53. The molecule has 16 heavy (non-hydrogen) atoms. The molecule has 7 nitrogen and oxygen atoms in total. The summed E-state index contributed by atoms with van der Waals surface area (Å²) in [6, 6.07) is 3.39. The highest BCUT2D eigenvalue weighted by Gasteiger charge is 2.11. The summed E-state index contributed by atoms with van der Waals surface area (Å²) >= 11 is 0. The zero-order valence-electron chi connectivity index (χ0n) is 8.15. The lowest BCUT2D eigenvalue weighted by Gasteiger charge is -2.09. The molecular weight excluding hydrogens is 210 g/mol. The third kappa shape index (κ3) is 2.27. The third-order valence-corrected chi connectivity index (χ3v) is 1.82. The molecule has 0 aliphatic carbocycles. The Balaban J connectivity index is 2.28. The summed E-state index contributed by atoms with van der Waals surface area (Å²) in [6.07, 6.45) is 2.53.